The minimum Gasteiger partial charge on any atom is -0.308 e. The zero-order valence-corrected chi connectivity index (χ0v) is 11.5. The Kier molecular flexibility index (Phi) is 4.02. The molecule has 0 aliphatic rings. The number of para-hydroxylation sites is 1. The van der Waals surface area contributed by atoms with Gasteiger partial charge < -0.3 is 10.6 Å². The molecule has 1 aromatic carbocycles. The zero-order valence-electron chi connectivity index (χ0n) is 10.7. The number of nitrogens with zero attached hydrogens (tertiary/aromatic N) is 1. The van der Waals surface area contributed by atoms with Crippen molar-refractivity contribution in [3.63, 3.8) is 0 Å². The number of rotatable bonds is 2. The fraction of sp³-hybridized carbons (Fsp3) is 0.143. The Balaban J connectivity index is 2.10. The van der Waals surface area contributed by atoms with Crippen molar-refractivity contribution in [3.8, 4) is 0 Å². The number of aromatic nitrogens is 1. The maximum absolute atomic E-state index is 11.9. The number of hydrogen-bond acceptors (Lipinski definition) is 2. The van der Waals surface area contributed by atoms with Gasteiger partial charge in [0.1, 0.15) is 0 Å². The lowest BCUT2D eigenvalue weighted by Gasteiger charge is -2.11. The minimum atomic E-state index is -0.332. The number of carbonyl (C=O) groups is 1. The van der Waals surface area contributed by atoms with Gasteiger partial charge in [-0.3, -0.25) is 4.98 Å². The van der Waals surface area contributed by atoms with Crippen molar-refractivity contribution in [2.24, 2.45) is 0 Å². The highest BCUT2D eigenvalue weighted by atomic mass is 35.5. The van der Waals surface area contributed by atoms with Crippen LogP contribution in [-0.4, -0.2) is 11.0 Å². The molecule has 98 valence electrons. The van der Waals surface area contributed by atoms with Crippen molar-refractivity contribution in [1.82, 2.24) is 4.98 Å². The molecule has 2 amide bonds. The Morgan fingerprint density at radius 2 is 2.00 bits per heavy atom. The van der Waals surface area contributed by atoms with E-state index in [1.165, 1.54) is 0 Å². The number of benzene rings is 1. The summed E-state index contributed by atoms with van der Waals surface area (Å²) >= 11 is 6.05. The third kappa shape index (κ3) is 3.45. The molecule has 5 heteroatoms. The van der Waals surface area contributed by atoms with Crippen molar-refractivity contribution in [3.05, 3.63) is 52.8 Å². The van der Waals surface area contributed by atoms with Crippen LogP contribution >= 0.6 is 11.6 Å². The van der Waals surface area contributed by atoms with Crippen molar-refractivity contribution < 1.29 is 4.79 Å². The summed E-state index contributed by atoms with van der Waals surface area (Å²) in [6.07, 6.45) is 1.64. The number of hydrogen-bond donors (Lipinski definition) is 2. The first-order chi connectivity index (χ1) is 9.06. The molecule has 0 unspecified atom stereocenters. The van der Waals surface area contributed by atoms with Crippen LogP contribution in [0.1, 0.15) is 11.3 Å². The van der Waals surface area contributed by atoms with Gasteiger partial charge in [-0.25, -0.2) is 4.79 Å². The number of nitrogens with one attached hydrogen (secondary N) is 2. The van der Waals surface area contributed by atoms with Crippen molar-refractivity contribution in [2.45, 2.75) is 13.8 Å². The zero-order chi connectivity index (χ0) is 13.8. The Morgan fingerprint density at radius 3 is 2.68 bits per heavy atom. The van der Waals surface area contributed by atoms with Crippen LogP contribution in [0.15, 0.2) is 36.5 Å². The molecule has 0 radical (unpaired) electrons. The second kappa shape index (κ2) is 5.71. The predicted molar refractivity (Wildman–Crippen MR) is 77.8 cm³/mol. The number of urea groups is 1. The first kappa shape index (κ1) is 13.4. The van der Waals surface area contributed by atoms with Crippen LogP contribution in [0.4, 0.5) is 16.2 Å². The van der Waals surface area contributed by atoms with Crippen LogP contribution in [0.2, 0.25) is 5.02 Å². The van der Waals surface area contributed by atoms with Gasteiger partial charge in [0.2, 0.25) is 0 Å². The summed E-state index contributed by atoms with van der Waals surface area (Å²) in [4.78, 5) is 16.0. The highest BCUT2D eigenvalue weighted by Gasteiger charge is 2.08. The van der Waals surface area contributed by atoms with Gasteiger partial charge >= 0.3 is 6.03 Å². The molecule has 0 fully saturated rings. The number of carbonyl (C=O) groups excluding carboxylic acids is 1. The maximum atomic E-state index is 11.9. The lowest BCUT2D eigenvalue weighted by atomic mass is 10.2. The van der Waals surface area contributed by atoms with Gasteiger partial charge in [0.15, 0.2) is 0 Å². The molecule has 0 saturated heterocycles. The fourth-order valence-corrected chi connectivity index (χ4v) is 1.96. The minimum absolute atomic E-state index is 0.332. The van der Waals surface area contributed by atoms with Crippen LogP contribution in [0, 0.1) is 13.8 Å². The average molecular weight is 276 g/mol. The number of pyridine rings is 1. The smallest absolute Gasteiger partial charge is 0.308 e. The summed E-state index contributed by atoms with van der Waals surface area (Å²) in [5.41, 5.74) is 3.06. The molecule has 2 aromatic rings. The van der Waals surface area contributed by atoms with E-state index in [1.54, 1.807) is 24.4 Å². The second-order valence-corrected chi connectivity index (χ2v) is 4.60. The second-order valence-electron chi connectivity index (χ2n) is 4.20. The van der Waals surface area contributed by atoms with E-state index in [1.807, 2.05) is 26.0 Å². The summed E-state index contributed by atoms with van der Waals surface area (Å²) in [7, 11) is 0. The molecule has 0 aliphatic carbocycles. The monoisotopic (exact) mass is 275 g/mol. The van der Waals surface area contributed by atoms with Gasteiger partial charge in [-0.15, -0.1) is 0 Å². The summed E-state index contributed by atoms with van der Waals surface area (Å²) in [6.45, 7) is 3.75. The maximum Gasteiger partial charge on any atom is 0.323 e. The van der Waals surface area contributed by atoms with Crippen LogP contribution in [0.3, 0.4) is 0 Å². The van der Waals surface area contributed by atoms with E-state index >= 15 is 0 Å². The summed E-state index contributed by atoms with van der Waals surface area (Å²) in [5.74, 6) is 0. The van der Waals surface area contributed by atoms with E-state index in [4.69, 9.17) is 11.6 Å². The molecule has 1 aromatic heterocycles. The number of anilines is 2. The Labute approximate surface area is 116 Å². The Morgan fingerprint density at radius 1 is 1.21 bits per heavy atom. The van der Waals surface area contributed by atoms with Crippen molar-refractivity contribution >= 4 is 29.0 Å². The standard InChI is InChI=1S/C14H14ClN3O/c1-9-4-3-5-12(15)13(9)18-14(19)17-11-6-7-16-10(2)8-11/h3-8H,1-2H3,(H2,16,17,18,19). The molecule has 0 spiro atoms. The third-order valence-corrected chi connectivity index (χ3v) is 2.93. The number of aryl methyl sites for hydroxylation is 2. The van der Waals surface area contributed by atoms with Gasteiger partial charge in [0.25, 0.3) is 0 Å². The Bertz CT molecular complexity index is 593. The normalized spacial score (nSPS) is 10.1. The molecule has 1 heterocycles. The van der Waals surface area contributed by atoms with Crippen molar-refractivity contribution in [1.29, 1.82) is 0 Å². The quantitative estimate of drug-likeness (QED) is 0.870. The molecular weight excluding hydrogens is 262 g/mol. The SMILES string of the molecule is Cc1cc(NC(=O)Nc2c(C)cccc2Cl)ccn1. The van der Waals surface area contributed by atoms with E-state index in [0.29, 0.717) is 16.4 Å². The third-order valence-electron chi connectivity index (χ3n) is 2.61. The van der Waals surface area contributed by atoms with E-state index in [2.05, 4.69) is 15.6 Å². The van der Waals surface area contributed by atoms with E-state index in [0.717, 1.165) is 11.3 Å². The molecule has 0 bridgehead atoms. The lowest BCUT2D eigenvalue weighted by molar-refractivity contribution is 0.262. The molecule has 19 heavy (non-hydrogen) atoms. The van der Waals surface area contributed by atoms with Gasteiger partial charge in [-0.1, -0.05) is 23.7 Å². The van der Waals surface area contributed by atoms with Crippen LogP contribution in [0.25, 0.3) is 0 Å². The highest BCUT2D eigenvalue weighted by molar-refractivity contribution is 6.34. The van der Waals surface area contributed by atoms with E-state index < -0.39 is 0 Å². The molecule has 0 atom stereocenters. The van der Waals surface area contributed by atoms with Crippen molar-refractivity contribution in [2.75, 3.05) is 10.6 Å². The van der Waals surface area contributed by atoms with Gasteiger partial charge in [0, 0.05) is 17.6 Å². The molecular formula is C14H14ClN3O. The first-order valence-corrected chi connectivity index (χ1v) is 6.20. The first-order valence-electron chi connectivity index (χ1n) is 5.82. The highest BCUT2D eigenvalue weighted by Crippen LogP contribution is 2.25. The van der Waals surface area contributed by atoms with Crippen LogP contribution < -0.4 is 10.6 Å². The molecule has 0 saturated carbocycles. The molecule has 2 rings (SSSR count). The summed E-state index contributed by atoms with van der Waals surface area (Å²) < 4.78 is 0. The number of halogens is 1. The average Bonchev–Trinajstić information content (AvgIpc) is 2.34. The molecule has 4 nitrogen and oxygen atoms in total. The molecule has 0 aliphatic heterocycles. The fourth-order valence-electron chi connectivity index (χ4n) is 1.69. The summed E-state index contributed by atoms with van der Waals surface area (Å²) in [6, 6.07) is 8.65. The lowest BCUT2D eigenvalue weighted by Crippen LogP contribution is -2.20. The number of amides is 2. The van der Waals surface area contributed by atoms with Gasteiger partial charge in [-0.2, -0.15) is 0 Å². The van der Waals surface area contributed by atoms with Crippen LogP contribution in [0.5, 0.6) is 0 Å². The Hall–Kier alpha value is -2.07. The van der Waals surface area contributed by atoms with Gasteiger partial charge in [0.05, 0.1) is 10.7 Å². The largest absolute Gasteiger partial charge is 0.323 e. The van der Waals surface area contributed by atoms with Gasteiger partial charge in [-0.05, 0) is 37.6 Å². The summed E-state index contributed by atoms with van der Waals surface area (Å²) in [5, 5.41) is 6.00. The van der Waals surface area contributed by atoms with E-state index in [-0.39, 0.29) is 6.03 Å². The predicted octanol–water partition coefficient (Wildman–Crippen LogP) is 4.00. The van der Waals surface area contributed by atoms with E-state index in [9.17, 15) is 4.79 Å². The van der Waals surface area contributed by atoms with Crippen LogP contribution in [-0.2, 0) is 0 Å². The molecule has 2 N–H and O–H groups in total. The topological polar surface area (TPSA) is 54.0 Å².